The summed E-state index contributed by atoms with van der Waals surface area (Å²) in [5, 5.41) is 3.18. The lowest BCUT2D eigenvalue weighted by atomic mass is 10.2. The van der Waals surface area contributed by atoms with Crippen LogP contribution in [0.1, 0.15) is 0 Å². The molecule has 0 aliphatic heterocycles. The van der Waals surface area contributed by atoms with Crippen LogP contribution in [0.15, 0.2) is 58.5 Å². The van der Waals surface area contributed by atoms with E-state index in [9.17, 15) is 14.4 Å². The maximum atomic E-state index is 13.0. The molecule has 9 heteroatoms. The first-order chi connectivity index (χ1) is 12.5. The van der Waals surface area contributed by atoms with Crippen LogP contribution >= 0.6 is 23.4 Å². The number of amides is 3. The minimum absolute atomic E-state index is 0.131. The summed E-state index contributed by atoms with van der Waals surface area (Å²) in [6, 6.07) is 12.7. The van der Waals surface area contributed by atoms with Gasteiger partial charge < -0.3 is 5.73 Å². The van der Waals surface area contributed by atoms with Gasteiger partial charge in [-0.2, -0.15) is 0 Å². The van der Waals surface area contributed by atoms with Crippen molar-refractivity contribution in [3.63, 3.8) is 0 Å². The molecule has 0 radical (unpaired) electrons. The highest BCUT2D eigenvalue weighted by Gasteiger charge is 2.15. The number of para-hydroxylation sites is 1. The van der Waals surface area contributed by atoms with Crippen molar-refractivity contribution < 1.29 is 9.59 Å². The molecule has 0 unspecified atom stereocenters. The molecule has 1 heterocycles. The second-order valence-corrected chi connectivity index (χ2v) is 6.61. The molecule has 0 spiro atoms. The van der Waals surface area contributed by atoms with E-state index < -0.39 is 11.9 Å². The van der Waals surface area contributed by atoms with Crippen LogP contribution in [-0.2, 0) is 4.79 Å². The van der Waals surface area contributed by atoms with Crippen LogP contribution < -0.4 is 16.6 Å². The number of thioether (sulfide) groups is 1. The standard InChI is InChI=1S/C17H13ClN4O3S/c18-10-4-3-5-11(8-10)22-15(24)12-6-1-2-7-13(12)20-17(22)26-9-14(23)21-16(19)25/h1-8H,9H2,(H3,19,21,23,25). The summed E-state index contributed by atoms with van der Waals surface area (Å²) in [7, 11) is 0. The van der Waals surface area contributed by atoms with Gasteiger partial charge in [-0.25, -0.2) is 9.78 Å². The molecule has 0 fully saturated rings. The number of hydrogen-bond acceptors (Lipinski definition) is 5. The summed E-state index contributed by atoms with van der Waals surface area (Å²) in [6.45, 7) is 0. The van der Waals surface area contributed by atoms with E-state index in [2.05, 4.69) is 4.98 Å². The first kappa shape index (κ1) is 18.0. The van der Waals surface area contributed by atoms with Gasteiger partial charge in [0.05, 0.1) is 22.3 Å². The number of nitrogens with two attached hydrogens (primary N) is 1. The van der Waals surface area contributed by atoms with E-state index >= 15 is 0 Å². The molecule has 3 rings (SSSR count). The number of nitrogens with one attached hydrogen (secondary N) is 1. The minimum atomic E-state index is -0.936. The van der Waals surface area contributed by atoms with Gasteiger partial charge >= 0.3 is 6.03 Å². The van der Waals surface area contributed by atoms with Crippen molar-refractivity contribution in [3.8, 4) is 5.69 Å². The molecule has 3 N–H and O–H groups in total. The third-order valence-corrected chi connectivity index (χ3v) is 4.58. The molecule has 0 saturated carbocycles. The molecule has 0 aliphatic rings. The van der Waals surface area contributed by atoms with Crippen LogP contribution in [-0.4, -0.2) is 27.2 Å². The Labute approximate surface area is 157 Å². The van der Waals surface area contributed by atoms with Gasteiger partial charge in [0.1, 0.15) is 0 Å². The van der Waals surface area contributed by atoms with Gasteiger partial charge in [-0.3, -0.25) is 19.5 Å². The van der Waals surface area contributed by atoms with Gasteiger partial charge in [-0.15, -0.1) is 0 Å². The zero-order valence-corrected chi connectivity index (χ0v) is 14.9. The lowest BCUT2D eigenvalue weighted by Crippen LogP contribution is -2.36. The Bertz CT molecular complexity index is 1070. The molecule has 26 heavy (non-hydrogen) atoms. The summed E-state index contributed by atoms with van der Waals surface area (Å²) >= 11 is 7.06. The third-order valence-electron chi connectivity index (χ3n) is 3.41. The minimum Gasteiger partial charge on any atom is -0.351 e. The van der Waals surface area contributed by atoms with Crippen LogP contribution in [0.5, 0.6) is 0 Å². The Balaban J connectivity index is 2.10. The molecule has 0 aliphatic carbocycles. The number of nitrogens with zero attached hydrogens (tertiary/aromatic N) is 2. The Hall–Kier alpha value is -2.84. The predicted octanol–water partition coefficient (Wildman–Crippen LogP) is 2.33. The number of hydrogen-bond donors (Lipinski definition) is 2. The summed E-state index contributed by atoms with van der Waals surface area (Å²) in [5.74, 6) is -0.712. The number of halogens is 1. The molecular weight excluding hydrogens is 376 g/mol. The Morgan fingerprint density at radius 3 is 2.69 bits per heavy atom. The highest BCUT2D eigenvalue weighted by molar-refractivity contribution is 7.99. The number of fused-ring (bicyclic) bond motifs is 1. The monoisotopic (exact) mass is 388 g/mol. The maximum absolute atomic E-state index is 13.0. The topological polar surface area (TPSA) is 107 Å². The van der Waals surface area contributed by atoms with Gasteiger partial charge in [0.25, 0.3) is 5.56 Å². The van der Waals surface area contributed by atoms with Gasteiger partial charge in [0.2, 0.25) is 5.91 Å². The quantitative estimate of drug-likeness (QED) is 0.527. The smallest absolute Gasteiger partial charge is 0.318 e. The van der Waals surface area contributed by atoms with E-state index in [1.165, 1.54) is 4.57 Å². The third kappa shape index (κ3) is 3.87. The molecule has 7 nitrogen and oxygen atoms in total. The van der Waals surface area contributed by atoms with Crippen molar-refractivity contribution in [3.05, 3.63) is 63.9 Å². The Morgan fingerprint density at radius 2 is 1.96 bits per heavy atom. The van der Waals surface area contributed by atoms with E-state index in [1.54, 1.807) is 48.5 Å². The molecule has 3 aromatic rings. The SMILES string of the molecule is NC(=O)NC(=O)CSc1nc2ccccc2c(=O)n1-c1cccc(Cl)c1. The number of carbonyl (C=O) groups excluding carboxylic acids is 2. The normalized spacial score (nSPS) is 10.7. The summed E-state index contributed by atoms with van der Waals surface area (Å²) in [6.07, 6.45) is 0. The van der Waals surface area contributed by atoms with Crippen molar-refractivity contribution in [1.82, 2.24) is 14.9 Å². The number of imide groups is 1. The number of aromatic nitrogens is 2. The lowest BCUT2D eigenvalue weighted by molar-refractivity contribution is -0.117. The molecular formula is C17H13ClN4O3S. The second-order valence-electron chi connectivity index (χ2n) is 5.23. The summed E-state index contributed by atoms with van der Waals surface area (Å²) < 4.78 is 1.39. The fourth-order valence-corrected chi connectivity index (χ4v) is 3.35. The fourth-order valence-electron chi connectivity index (χ4n) is 2.36. The maximum Gasteiger partial charge on any atom is 0.318 e. The van der Waals surface area contributed by atoms with Crippen LogP contribution in [0.2, 0.25) is 5.02 Å². The predicted molar refractivity (Wildman–Crippen MR) is 101 cm³/mol. The van der Waals surface area contributed by atoms with Crippen LogP contribution in [0.4, 0.5) is 4.79 Å². The number of rotatable bonds is 4. The highest BCUT2D eigenvalue weighted by Crippen LogP contribution is 2.22. The Kier molecular flexibility index (Phi) is 5.24. The van der Waals surface area contributed by atoms with E-state index in [1.807, 2.05) is 5.32 Å². The van der Waals surface area contributed by atoms with E-state index in [4.69, 9.17) is 17.3 Å². The van der Waals surface area contributed by atoms with Gasteiger partial charge in [-0.1, -0.05) is 41.6 Å². The Morgan fingerprint density at radius 1 is 1.19 bits per heavy atom. The molecule has 3 amide bonds. The lowest BCUT2D eigenvalue weighted by Gasteiger charge is -2.13. The largest absolute Gasteiger partial charge is 0.351 e. The molecule has 1 aromatic heterocycles. The summed E-state index contributed by atoms with van der Waals surface area (Å²) in [4.78, 5) is 39.9. The molecule has 0 bridgehead atoms. The van der Waals surface area contributed by atoms with Crippen molar-refractivity contribution in [2.75, 3.05) is 5.75 Å². The average Bonchev–Trinajstić information content (AvgIpc) is 2.59. The van der Waals surface area contributed by atoms with Crippen molar-refractivity contribution in [1.29, 1.82) is 0 Å². The first-order valence-electron chi connectivity index (χ1n) is 7.45. The number of benzene rings is 2. The molecule has 0 saturated heterocycles. The highest BCUT2D eigenvalue weighted by atomic mass is 35.5. The van der Waals surface area contributed by atoms with Crippen LogP contribution in [0.25, 0.3) is 16.6 Å². The van der Waals surface area contributed by atoms with Gasteiger partial charge in [0.15, 0.2) is 5.16 Å². The van der Waals surface area contributed by atoms with Gasteiger partial charge in [0, 0.05) is 5.02 Å². The number of primary amides is 1. The molecule has 132 valence electrons. The van der Waals surface area contributed by atoms with E-state index in [-0.39, 0.29) is 11.3 Å². The van der Waals surface area contributed by atoms with Crippen molar-refractivity contribution in [2.45, 2.75) is 5.16 Å². The number of urea groups is 1. The molecule has 0 atom stereocenters. The van der Waals surface area contributed by atoms with Crippen molar-refractivity contribution in [2.24, 2.45) is 5.73 Å². The van der Waals surface area contributed by atoms with E-state index in [0.29, 0.717) is 26.8 Å². The fraction of sp³-hybridized carbons (Fsp3) is 0.0588. The summed E-state index contributed by atoms with van der Waals surface area (Å²) in [5.41, 5.74) is 5.69. The molecule has 2 aromatic carbocycles. The van der Waals surface area contributed by atoms with Gasteiger partial charge in [-0.05, 0) is 30.3 Å². The zero-order chi connectivity index (χ0) is 18.7. The van der Waals surface area contributed by atoms with Crippen LogP contribution in [0, 0.1) is 0 Å². The van der Waals surface area contributed by atoms with Crippen molar-refractivity contribution >= 4 is 46.2 Å². The zero-order valence-electron chi connectivity index (χ0n) is 13.3. The van der Waals surface area contributed by atoms with E-state index in [0.717, 1.165) is 11.8 Å². The van der Waals surface area contributed by atoms with Crippen LogP contribution in [0.3, 0.4) is 0 Å². The first-order valence-corrected chi connectivity index (χ1v) is 8.82. The average molecular weight is 389 g/mol. The second kappa shape index (κ2) is 7.59. The number of carbonyl (C=O) groups is 2.